The molecule has 2 aromatic carbocycles. The molecular weight excluding hydrogens is 306 g/mol. The molecule has 1 N–H and O–H groups in total. The fourth-order valence-corrected chi connectivity index (χ4v) is 3.80. The quantitative estimate of drug-likeness (QED) is 0.771. The molecule has 2 aromatic rings. The van der Waals surface area contributed by atoms with E-state index in [2.05, 4.69) is 18.0 Å². The van der Waals surface area contributed by atoms with Crippen LogP contribution in [0.3, 0.4) is 0 Å². The Balaban J connectivity index is 1.78. The van der Waals surface area contributed by atoms with Crippen LogP contribution in [0.1, 0.15) is 43.2 Å². The minimum atomic E-state index is -1.09. The normalized spacial score (nSPS) is 16.6. The number of likely N-dealkylation sites (N-methyl/N-ethyl adjacent to an activating group) is 1. The van der Waals surface area contributed by atoms with Gasteiger partial charge in [0.25, 0.3) is 0 Å². The third-order valence-corrected chi connectivity index (χ3v) is 5.38. The van der Waals surface area contributed by atoms with Crippen LogP contribution in [-0.4, -0.2) is 29.6 Å². The number of benzene rings is 2. The maximum absolute atomic E-state index is 11.5. The average molecular weight is 335 g/mol. The Morgan fingerprint density at radius 1 is 0.920 bits per heavy atom. The molecule has 2 nitrogen and oxygen atoms in total. The molecule has 0 aromatic heterocycles. The third-order valence-electron chi connectivity index (χ3n) is 5.38. The summed E-state index contributed by atoms with van der Waals surface area (Å²) < 4.78 is 0. The van der Waals surface area contributed by atoms with Gasteiger partial charge in [0.2, 0.25) is 0 Å². The van der Waals surface area contributed by atoms with E-state index in [1.54, 1.807) is 0 Å². The SMILES string of the molecule is CN(CC=CC(O)(c1ccccc1)c1ccccc1)C1CCCCC1. The molecule has 0 saturated heterocycles. The minimum Gasteiger partial charge on any atom is -0.377 e. The average Bonchev–Trinajstić information content (AvgIpc) is 2.70. The smallest absolute Gasteiger partial charge is 0.133 e. The molecule has 0 aliphatic heterocycles. The van der Waals surface area contributed by atoms with E-state index in [1.807, 2.05) is 66.7 Å². The van der Waals surface area contributed by atoms with Crippen molar-refractivity contribution in [2.24, 2.45) is 0 Å². The van der Waals surface area contributed by atoms with Crippen LogP contribution in [0.2, 0.25) is 0 Å². The zero-order valence-electron chi connectivity index (χ0n) is 15.1. The van der Waals surface area contributed by atoms with Crippen LogP contribution >= 0.6 is 0 Å². The summed E-state index contributed by atoms with van der Waals surface area (Å²) in [5.41, 5.74) is 0.714. The number of aliphatic hydroxyl groups is 1. The van der Waals surface area contributed by atoms with Crippen LogP contribution < -0.4 is 0 Å². The van der Waals surface area contributed by atoms with Gasteiger partial charge >= 0.3 is 0 Å². The molecule has 0 atom stereocenters. The van der Waals surface area contributed by atoms with Crippen LogP contribution in [0.5, 0.6) is 0 Å². The molecule has 25 heavy (non-hydrogen) atoms. The van der Waals surface area contributed by atoms with Crippen LogP contribution in [0.4, 0.5) is 0 Å². The summed E-state index contributed by atoms with van der Waals surface area (Å²) in [6.07, 6.45) is 10.7. The Kier molecular flexibility index (Phi) is 6.06. The molecule has 0 unspecified atom stereocenters. The van der Waals surface area contributed by atoms with Gasteiger partial charge in [-0.1, -0.05) is 86.0 Å². The molecule has 1 aliphatic carbocycles. The predicted octanol–water partition coefficient (Wildman–Crippen LogP) is 4.74. The van der Waals surface area contributed by atoms with Gasteiger partial charge in [-0.15, -0.1) is 0 Å². The van der Waals surface area contributed by atoms with Crippen molar-refractivity contribution in [2.75, 3.05) is 13.6 Å². The first kappa shape index (κ1) is 17.9. The van der Waals surface area contributed by atoms with Crippen molar-refractivity contribution in [3.05, 3.63) is 83.9 Å². The Bertz CT molecular complexity index is 620. The van der Waals surface area contributed by atoms with Crippen molar-refractivity contribution in [3.63, 3.8) is 0 Å². The Morgan fingerprint density at radius 3 is 1.96 bits per heavy atom. The zero-order chi connectivity index (χ0) is 17.5. The molecule has 0 radical (unpaired) electrons. The van der Waals surface area contributed by atoms with Crippen molar-refractivity contribution >= 4 is 0 Å². The summed E-state index contributed by atoms with van der Waals surface area (Å²) in [7, 11) is 2.20. The first-order valence-electron chi connectivity index (χ1n) is 9.41. The lowest BCUT2D eigenvalue weighted by Gasteiger charge is -2.31. The highest BCUT2D eigenvalue weighted by molar-refractivity contribution is 5.40. The van der Waals surface area contributed by atoms with Gasteiger partial charge in [0.1, 0.15) is 5.60 Å². The van der Waals surface area contributed by atoms with Crippen molar-refractivity contribution in [1.29, 1.82) is 0 Å². The highest BCUT2D eigenvalue weighted by Gasteiger charge is 2.28. The summed E-state index contributed by atoms with van der Waals surface area (Å²) in [6, 6.07) is 20.5. The number of nitrogens with zero attached hydrogens (tertiary/aromatic N) is 1. The van der Waals surface area contributed by atoms with Gasteiger partial charge in [-0.3, -0.25) is 4.90 Å². The summed E-state index contributed by atoms with van der Waals surface area (Å²) in [5, 5.41) is 11.5. The maximum atomic E-state index is 11.5. The van der Waals surface area contributed by atoms with Crippen LogP contribution in [0, 0.1) is 0 Å². The Labute approximate surface area is 151 Å². The fraction of sp³-hybridized carbons (Fsp3) is 0.391. The van der Waals surface area contributed by atoms with Crippen molar-refractivity contribution in [3.8, 4) is 0 Å². The minimum absolute atomic E-state index is 0.681. The maximum Gasteiger partial charge on any atom is 0.133 e. The number of hydrogen-bond acceptors (Lipinski definition) is 2. The lowest BCUT2D eigenvalue weighted by atomic mass is 9.86. The summed E-state index contributed by atoms with van der Waals surface area (Å²) >= 11 is 0. The van der Waals surface area contributed by atoms with E-state index < -0.39 is 5.60 Å². The van der Waals surface area contributed by atoms with Crippen LogP contribution in [0.15, 0.2) is 72.8 Å². The fourth-order valence-electron chi connectivity index (χ4n) is 3.80. The van der Waals surface area contributed by atoms with E-state index in [4.69, 9.17) is 0 Å². The van der Waals surface area contributed by atoms with E-state index in [1.165, 1.54) is 32.1 Å². The third kappa shape index (κ3) is 4.39. The Hall–Kier alpha value is -1.90. The van der Waals surface area contributed by atoms with E-state index in [9.17, 15) is 5.11 Å². The van der Waals surface area contributed by atoms with Gasteiger partial charge in [-0.05, 0) is 37.1 Å². The zero-order valence-corrected chi connectivity index (χ0v) is 15.1. The lowest BCUT2D eigenvalue weighted by Crippen LogP contribution is -2.33. The van der Waals surface area contributed by atoms with Gasteiger partial charge in [-0.2, -0.15) is 0 Å². The largest absolute Gasteiger partial charge is 0.377 e. The van der Waals surface area contributed by atoms with Gasteiger partial charge in [0.15, 0.2) is 0 Å². The molecule has 0 amide bonds. The molecule has 1 saturated carbocycles. The van der Waals surface area contributed by atoms with Crippen molar-refractivity contribution in [2.45, 2.75) is 43.7 Å². The highest BCUT2D eigenvalue weighted by Crippen LogP contribution is 2.31. The molecule has 1 aliphatic rings. The second-order valence-corrected chi connectivity index (χ2v) is 7.13. The summed E-state index contributed by atoms with van der Waals surface area (Å²) in [6.45, 7) is 0.868. The van der Waals surface area contributed by atoms with E-state index in [-0.39, 0.29) is 0 Å². The molecule has 0 spiro atoms. The van der Waals surface area contributed by atoms with Gasteiger partial charge < -0.3 is 5.11 Å². The lowest BCUT2D eigenvalue weighted by molar-refractivity contribution is 0.133. The molecule has 0 heterocycles. The Morgan fingerprint density at radius 2 is 1.44 bits per heavy atom. The van der Waals surface area contributed by atoms with E-state index >= 15 is 0 Å². The van der Waals surface area contributed by atoms with E-state index in [0.717, 1.165) is 17.7 Å². The van der Waals surface area contributed by atoms with Crippen molar-refractivity contribution in [1.82, 2.24) is 4.90 Å². The molecule has 2 heteroatoms. The predicted molar refractivity (Wildman–Crippen MR) is 105 cm³/mol. The van der Waals surface area contributed by atoms with Gasteiger partial charge in [0.05, 0.1) is 0 Å². The molecular formula is C23H29NO. The molecule has 1 fully saturated rings. The van der Waals surface area contributed by atoms with Crippen LogP contribution in [0.25, 0.3) is 0 Å². The molecule has 3 rings (SSSR count). The molecule has 132 valence electrons. The first-order chi connectivity index (χ1) is 12.2. The second kappa shape index (κ2) is 8.46. The molecule has 0 bridgehead atoms. The number of rotatable bonds is 6. The first-order valence-corrected chi connectivity index (χ1v) is 9.41. The number of hydrogen-bond donors (Lipinski definition) is 1. The van der Waals surface area contributed by atoms with Gasteiger partial charge in [-0.25, -0.2) is 0 Å². The monoisotopic (exact) mass is 335 g/mol. The topological polar surface area (TPSA) is 23.5 Å². The highest BCUT2D eigenvalue weighted by atomic mass is 16.3. The standard InChI is InChI=1S/C23H29NO/c1-24(22-16-9-4-10-17-22)19-11-18-23(25,20-12-5-2-6-13-20)21-14-7-3-8-15-21/h2-3,5-8,11-15,18,22,25H,4,9-10,16-17,19H2,1H3. The van der Waals surface area contributed by atoms with Crippen LogP contribution in [-0.2, 0) is 5.60 Å². The second-order valence-electron chi connectivity index (χ2n) is 7.13. The van der Waals surface area contributed by atoms with Gasteiger partial charge in [0, 0.05) is 12.6 Å². The summed E-state index contributed by atoms with van der Waals surface area (Å²) in [4.78, 5) is 2.42. The van der Waals surface area contributed by atoms with Crippen molar-refractivity contribution < 1.29 is 5.11 Å². The summed E-state index contributed by atoms with van der Waals surface area (Å²) in [5.74, 6) is 0. The van der Waals surface area contributed by atoms with E-state index in [0.29, 0.717) is 6.04 Å².